The monoisotopic (exact) mass is 415 g/mol. The van der Waals surface area contributed by atoms with Crippen molar-refractivity contribution >= 4 is 44.9 Å². The molecule has 0 saturated heterocycles. The largest absolute Gasteiger partial charge is 0.495 e. The van der Waals surface area contributed by atoms with Gasteiger partial charge in [0.2, 0.25) is 5.91 Å². The van der Waals surface area contributed by atoms with Crippen molar-refractivity contribution in [2.75, 3.05) is 18.2 Å². The quantitative estimate of drug-likeness (QED) is 0.509. The average molecular weight is 416 g/mol. The number of aromatic nitrogens is 2. The predicted octanol–water partition coefficient (Wildman–Crippen LogP) is 3.61. The Balaban J connectivity index is 1.54. The van der Waals surface area contributed by atoms with Crippen molar-refractivity contribution in [2.24, 2.45) is 7.05 Å². The molecule has 0 unspecified atom stereocenters. The maximum atomic E-state index is 12.9. The van der Waals surface area contributed by atoms with Crippen LogP contribution in [0.4, 0.5) is 5.69 Å². The number of fused-ring (bicyclic) bond motifs is 3. The molecule has 2 heterocycles. The Morgan fingerprint density at radius 2 is 2.11 bits per heavy atom. The van der Waals surface area contributed by atoms with Crippen molar-refractivity contribution in [2.45, 2.75) is 30.8 Å². The molecule has 4 rings (SSSR count). The minimum atomic E-state index is -0.172. The highest BCUT2D eigenvalue weighted by atomic mass is 32.2. The molecule has 1 aliphatic carbocycles. The number of thiophene rings is 1. The van der Waals surface area contributed by atoms with Gasteiger partial charge in [-0.15, -0.1) is 11.3 Å². The second kappa shape index (κ2) is 7.97. The molecule has 1 aromatic carbocycles. The summed E-state index contributed by atoms with van der Waals surface area (Å²) in [7, 11) is 3.29. The number of anilines is 1. The van der Waals surface area contributed by atoms with Crippen LogP contribution in [0.15, 0.2) is 34.2 Å². The topological polar surface area (TPSA) is 73.2 Å². The maximum Gasteiger partial charge on any atom is 0.262 e. The number of rotatable bonds is 5. The third-order valence-corrected chi connectivity index (χ3v) is 7.08. The molecule has 2 aromatic heterocycles. The lowest BCUT2D eigenvalue weighted by atomic mass is 9.97. The first kappa shape index (κ1) is 19.0. The number of amides is 1. The summed E-state index contributed by atoms with van der Waals surface area (Å²) >= 11 is 2.89. The summed E-state index contributed by atoms with van der Waals surface area (Å²) in [5.41, 5.74) is 1.79. The van der Waals surface area contributed by atoms with E-state index in [4.69, 9.17) is 9.72 Å². The summed E-state index contributed by atoms with van der Waals surface area (Å²) in [4.78, 5) is 32.1. The van der Waals surface area contributed by atoms with Crippen LogP contribution in [-0.2, 0) is 24.7 Å². The summed E-state index contributed by atoms with van der Waals surface area (Å²) in [5, 5.41) is 4.18. The molecule has 3 aromatic rings. The second-order valence-corrected chi connectivity index (χ2v) is 8.71. The lowest BCUT2D eigenvalue weighted by Crippen LogP contribution is -2.22. The van der Waals surface area contributed by atoms with Crippen LogP contribution in [-0.4, -0.2) is 28.3 Å². The van der Waals surface area contributed by atoms with Crippen LogP contribution in [0.2, 0.25) is 0 Å². The van der Waals surface area contributed by atoms with Crippen molar-refractivity contribution in [3.8, 4) is 5.75 Å². The molecule has 6 nitrogen and oxygen atoms in total. The van der Waals surface area contributed by atoms with E-state index in [1.54, 1.807) is 42.2 Å². The van der Waals surface area contributed by atoms with E-state index < -0.39 is 0 Å². The van der Waals surface area contributed by atoms with Gasteiger partial charge in [0.1, 0.15) is 10.6 Å². The van der Waals surface area contributed by atoms with Gasteiger partial charge < -0.3 is 10.1 Å². The molecule has 0 saturated carbocycles. The highest BCUT2D eigenvalue weighted by Gasteiger charge is 2.21. The van der Waals surface area contributed by atoms with E-state index in [2.05, 4.69) is 5.32 Å². The van der Waals surface area contributed by atoms with Crippen molar-refractivity contribution in [1.82, 2.24) is 9.55 Å². The van der Waals surface area contributed by atoms with E-state index in [1.165, 1.54) is 28.6 Å². The van der Waals surface area contributed by atoms with Gasteiger partial charge in [0.25, 0.3) is 5.56 Å². The first-order valence-electron chi connectivity index (χ1n) is 9.15. The normalized spacial score (nSPS) is 13.4. The van der Waals surface area contributed by atoms with E-state index >= 15 is 0 Å². The number of thioether (sulfide) groups is 1. The van der Waals surface area contributed by atoms with Crippen LogP contribution >= 0.6 is 23.1 Å². The number of hydrogen-bond acceptors (Lipinski definition) is 6. The van der Waals surface area contributed by atoms with Crippen LogP contribution in [0.1, 0.15) is 23.3 Å². The fourth-order valence-corrected chi connectivity index (χ4v) is 5.53. The number of ether oxygens (including phenoxy) is 1. The summed E-state index contributed by atoms with van der Waals surface area (Å²) in [6.07, 6.45) is 4.29. The van der Waals surface area contributed by atoms with Gasteiger partial charge in [-0.2, -0.15) is 0 Å². The van der Waals surface area contributed by atoms with Gasteiger partial charge in [-0.1, -0.05) is 23.9 Å². The zero-order chi connectivity index (χ0) is 19.7. The maximum absolute atomic E-state index is 12.9. The first-order chi connectivity index (χ1) is 13.6. The molecule has 0 bridgehead atoms. The molecule has 0 atom stereocenters. The molecule has 0 aliphatic heterocycles. The van der Waals surface area contributed by atoms with Crippen LogP contribution in [0.5, 0.6) is 5.75 Å². The molecule has 8 heteroatoms. The number of nitrogens with one attached hydrogen (secondary N) is 1. The molecule has 0 fully saturated rings. The SMILES string of the molecule is COc1ccccc1NC(=O)CSc1nc2sc3c(c2c(=O)n1C)CCCC3. The van der Waals surface area contributed by atoms with E-state index in [0.717, 1.165) is 29.5 Å². The van der Waals surface area contributed by atoms with E-state index in [9.17, 15) is 9.59 Å². The fourth-order valence-electron chi connectivity index (χ4n) is 3.46. The van der Waals surface area contributed by atoms with Gasteiger partial charge in [0, 0.05) is 11.9 Å². The molecule has 146 valence electrons. The highest BCUT2D eigenvalue weighted by Crippen LogP contribution is 2.34. The zero-order valence-corrected chi connectivity index (χ0v) is 17.4. The highest BCUT2D eigenvalue weighted by molar-refractivity contribution is 7.99. The van der Waals surface area contributed by atoms with Crippen molar-refractivity contribution < 1.29 is 9.53 Å². The molecule has 0 radical (unpaired) electrons. The number of benzene rings is 1. The Kier molecular flexibility index (Phi) is 5.41. The number of carbonyl (C=O) groups is 1. The van der Waals surface area contributed by atoms with Gasteiger partial charge in [0.15, 0.2) is 5.16 Å². The molecule has 1 N–H and O–H groups in total. The van der Waals surface area contributed by atoms with Crippen LogP contribution in [0.25, 0.3) is 10.2 Å². The number of methoxy groups -OCH3 is 1. The number of nitrogens with zero attached hydrogens (tertiary/aromatic N) is 2. The second-order valence-electron chi connectivity index (χ2n) is 6.69. The van der Waals surface area contributed by atoms with Crippen molar-refractivity contribution in [3.63, 3.8) is 0 Å². The van der Waals surface area contributed by atoms with Gasteiger partial charge >= 0.3 is 0 Å². The number of hydrogen-bond donors (Lipinski definition) is 1. The van der Waals surface area contributed by atoms with E-state index in [1.807, 2.05) is 12.1 Å². The number of carbonyl (C=O) groups excluding carboxylic acids is 1. The summed E-state index contributed by atoms with van der Waals surface area (Å²) in [6, 6.07) is 7.26. The summed E-state index contributed by atoms with van der Waals surface area (Å²) in [6.45, 7) is 0. The van der Waals surface area contributed by atoms with Crippen LogP contribution in [0, 0.1) is 0 Å². The smallest absolute Gasteiger partial charge is 0.262 e. The predicted molar refractivity (Wildman–Crippen MR) is 114 cm³/mol. The third-order valence-electron chi connectivity index (χ3n) is 4.87. The first-order valence-corrected chi connectivity index (χ1v) is 11.0. The summed E-state index contributed by atoms with van der Waals surface area (Å²) < 4.78 is 6.81. The minimum absolute atomic E-state index is 0.0166. The van der Waals surface area contributed by atoms with E-state index in [-0.39, 0.29) is 17.2 Å². The Labute approximate surface area is 170 Å². The van der Waals surface area contributed by atoms with Gasteiger partial charge in [-0.05, 0) is 43.4 Å². The standard InChI is InChI=1S/C20H21N3O3S2/c1-23-19(25)17-12-7-3-6-10-15(12)28-18(17)22-20(23)27-11-16(24)21-13-8-4-5-9-14(13)26-2/h4-5,8-9H,3,6-7,10-11H2,1-2H3,(H,21,24). The minimum Gasteiger partial charge on any atom is -0.495 e. The van der Waals surface area contributed by atoms with Gasteiger partial charge in [0.05, 0.1) is 23.9 Å². The van der Waals surface area contributed by atoms with Gasteiger partial charge in [-0.25, -0.2) is 4.98 Å². The van der Waals surface area contributed by atoms with E-state index in [0.29, 0.717) is 16.6 Å². The fraction of sp³-hybridized carbons (Fsp3) is 0.350. The zero-order valence-electron chi connectivity index (χ0n) is 15.8. The Bertz CT molecular complexity index is 1100. The Morgan fingerprint density at radius 1 is 1.32 bits per heavy atom. The number of aryl methyl sites for hydroxylation is 2. The molecule has 1 aliphatic rings. The lowest BCUT2D eigenvalue weighted by molar-refractivity contribution is -0.113. The molecular formula is C20H21N3O3S2. The lowest BCUT2D eigenvalue weighted by Gasteiger charge is -2.11. The number of para-hydroxylation sites is 2. The Hall–Kier alpha value is -2.32. The molecule has 28 heavy (non-hydrogen) atoms. The average Bonchev–Trinajstić information content (AvgIpc) is 3.08. The van der Waals surface area contributed by atoms with Crippen LogP contribution < -0.4 is 15.6 Å². The third kappa shape index (κ3) is 3.54. The van der Waals surface area contributed by atoms with Crippen molar-refractivity contribution in [1.29, 1.82) is 0 Å². The Morgan fingerprint density at radius 3 is 2.93 bits per heavy atom. The van der Waals surface area contributed by atoms with Crippen LogP contribution in [0.3, 0.4) is 0 Å². The molecule has 0 spiro atoms. The van der Waals surface area contributed by atoms with Crippen molar-refractivity contribution in [3.05, 3.63) is 45.1 Å². The molecular weight excluding hydrogens is 394 g/mol. The summed E-state index contributed by atoms with van der Waals surface area (Å²) in [5.74, 6) is 0.598. The van der Waals surface area contributed by atoms with Gasteiger partial charge in [-0.3, -0.25) is 14.2 Å². The molecule has 1 amide bonds.